The third kappa shape index (κ3) is 8.26. The zero-order valence-corrected chi connectivity index (χ0v) is 21.0. The smallest absolute Gasteiger partial charge is 0.310 e. The van der Waals surface area contributed by atoms with Crippen LogP contribution in [0, 0.1) is 12.8 Å². The molecule has 0 aliphatic carbocycles. The van der Waals surface area contributed by atoms with E-state index < -0.39 is 5.92 Å². The maximum atomic E-state index is 12.5. The first-order valence-corrected chi connectivity index (χ1v) is 12.2. The lowest BCUT2D eigenvalue weighted by Gasteiger charge is -2.15. The van der Waals surface area contributed by atoms with Crippen LogP contribution in [-0.4, -0.2) is 37.1 Å². The minimum Gasteiger partial charge on any atom is -0.494 e. The largest absolute Gasteiger partial charge is 0.494 e. The summed E-state index contributed by atoms with van der Waals surface area (Å²) in [7, 11) is 1.35. The van der Waals surface area contributed by atoms with Gasteiger partial charge < -0.3 is 19.5 Å². The lowest BCUT2D eigenvalue weighted by molar-refractivity contribution is -0.145. The number of nitrogens with one attached hydrogen (secondary N) is 1. The van der Waals surface area contributed by atoms with Crippen LogP contribution in [0.15, 0.2) is 60.0 Å². The van der Waals surface area contributed by atoms with Crippen molar-refractivity contribution >= 4 is 29.3 Å². The zero-order chi connectivity index (χ0) is 25.0. The Kier molecular flexibility index (Phi) is 9.86. The van der Waals surface area contributed by atoms with Gasteiger partial charge in [-0.25, -0.2) is 4.98 Å². The minimum atomic E-state index is -0.507. The Morgan fingerprint density at radius 3 is 2.57 bits per heavy atom. The molecule has 1 atom stereocenters. The molecule has 35 heavy (non-hydrogen) atoms. The summed E-state index contributed by atoms with van der Waals surface area (Å²) in [6.45, 7) is 4.98. The van der Waals surface area contributed by atoms with Gasteiger partial charge in [0.2, 0.25) is 5.91 Å². The molecule has 0 bridgehead atoms. The van der Waals surface area contributed by atoms with E-state index in [1.807, 2.05) is 67.8 Å². The molecule has 0 saturated carbocycles. The Morgan fingerprint density at radius 1 is 1.11 bits per heavy atom. The molecule has 3 rings (SSSR count). The van der Waals surface area contributed by atoms with E-state index in [0.29, 0.717) is 25.4 Å². The normalized spacial score (nSPS) is 11.7. The van der Waals surface area contributed by atoms with Gasteiger partial charge in [-0.2, -0.15) is 0 Å². The van der Waals surface area contributed by atoms with Gasteiger partial charge in [-0.05, 0) is 50.1 Å². The number of esters is 1. The number of amides is 1. The molecule has 0 fully saturated rings. The Hall–Kier alpha value is -3.65. The van der Waals surface area contributed by atoms with E-state index in [4.69, 9.17) is 14.2 Å². The van der Waals surface area contributed by atoms with Gasteiger partial charge >= 0.3 is 5.97 Å². The number of carbonyl (C=O) groups excluding carboxylic acids is 2. The summed E-state index contributed by atoms with van der Waals surface area (Å²) >= 11 is 1.58. The van der Waals surface area contributed by atoms with Gasteiger partial charge in [-0.15, -0.1) is 11.3 Å². The van der Waals surface area contributed by atoms with Gasteiger partial charge in [-0.1, -0.05) is 30.3 Å². The highest BCUT2D eigenvalue weighted by Crippen LogP contribution is 2.21. The molecule has 0 saturated heterocycles. The van der Waals surface area contributed by atoms with Crippen LogP contribution >= 0.6 is 11.3 Å². The average molecular weight is 495 g/mol. The van der Waals surface area contributed by atoms with Crippen LogP contribution in [0.1, 0.15) is 28.8 Å². The third-order valence-corrected chi connectivity index (χ3v) is 5.97. The van der Waals surface area contributed by atoms with E-state index in [1.165, 1.54) is 13.2 Å². The highest BCUT2D eigenvalue weighted by molar-refractivity contribution is 7.09. The molecule has 1 amide bonds. The van der Waals surface area contributed by atoms with E-state index >= 15 is 0 Å². The van der Waals surface area contributed by atoms with Crippen molar-refractivity contribution in [3.8, 4) is 11.5 Å². The quantitative estimate of drug-likeness (QED) is 0.293. The molecule has 0 radical (unpaired) electrons. The van der Waals surface area contributed by atoms with Crippen LogP contribution in [0.5, 0.6) is 11.5 Å². The van der Waals surface area contributed by atoms with E-state index in [2.05, 4.69) is 10.3 Å². The Bertz CT molecular complexity index is 1140. The fraction of sp³-hybridized carbons (Fsp3) is 0.296. The van der Waals surface area contributed by atoms with Crippen molar-refractivity contribution in [3.05, 3.63) is 81.8 Å². The first-order chi connectivity index (χ1) is 17.0. The van der Waals surface area contributed by atoms with Gasteiger partial charge in [0.1, 0.15) is 18.1 Å². The van der Waals surface area contributed by atoms with Crippen LogP contribution in [-0.2, 0) is 27.4 Å². The van der Waals surface area contributed by atoms with Crippen molar-refractivity contribution in [2.75, 3.05) is 20.3 Å². The average Bonchev–Trinajstić information content (AvgIpc) is 3.30. The summed E-state index contributed by atoms with van der Waals surface area (Å²) in [5, 5.41) is 5.75. The second-order valence-electron chi connectivity index (χ2n) is 7.76. The lowest BCUT2D eigenvalue weighted by Crippen LogP contribution is -2.33. The fourth-order valence-corrected chi connectivity index (χ4v) is 4.00. The number of thiazole rings is 1. The number of ether oxygens (including phenoxy) is 3. The summed E-state index contributed by atoms with van der Waals surface area (Å²) in [5.74, 6) is 0.239. The molecule has 7 nitrogen and oxygen atoms in total. The first kappa shape index (κ1) is 26.0. The molecule has 0 spiro atoms. The van der Waals surface area contributed by atoms with Gasteiger partial charge in [0.05, 0.1) is 30.3 Å². The summed E-state index contributed by atoms with van der Waals surface area (Å²) in [6.07, 6.45) is 3.56. The second-order valence-corrected chi connectivity index (χ2v) is 8.83. The van der Waals surface area contributed by atoms with Crippen molar-refractivity contribution in [1.82, 2.24) is 10.3 Å². The highest BCUT2D eigenvalue weighted by Gasteiger charge is 2.20. The number of rotatable bonds is 12. The molecule has 2 aromatic carbocycles. The highest BCUT2D eigenvalue weighted by atomic mass is 32.1. The summed E-state index contributed by atoms with van der Waals surface area (Å²) in [6, 6.07) is 15.0. The van der Waals surface area contributed by atoms with E-state index in [0.717, 1.165) is 27.6 Å². The van der Waals surface area contributed by atoms with Crippen molar-refractivity contribution in [2.24, 2.45) is 5.92 Å². The van der Waals surface area contributed by atoms with Gasteiger partial charge in [0.25, 0.3) is 0 Å². The molecule has 0 aliphatic rings. The number of methoxy groups -OCH3 is 1. The number of aromatic nitrogens is 1. The summed E-state index contributed by atoms with van der Waals surface area (Å²) < 4.78 is 16.3. The number of benzene rings is 2. The van der Waals surface area contributed by atoms with Crippen LogP contribution in [0.3, 0.4) is 0 Å². The Morgan fingerprint density at radius 2 is 1.89 bits per heavy atom. The summed E-state index contributed by atoms with van der Waals surface area (Å²) in [4.78, 5) is 29.2. The van der Waals surface area contributed by atoms with E-state index in [-0.39, 0.29) is 18.4 Å². The molecular weight excluding hydrogens is 464 g/mol. The molecular formula is C27H30N2O5S. The molecule has 0 unspecified atom stereocenters. The number of hydrogen-bond acceptors (Lipinski definition) is 7. The minimum absolute atomic E-state index is 0.157. The van der Waals surface area contributed by atoms with Crippen LogP contribution in [0.4, 0.5) is 0 Å². The standard InChI is InChI=1S/C27H30N2O5S/c1-4-33-24-12-9-20(10-13-24)15-22(27(31)32-3)16-28-26(30)14-11-21-7-5-6-8-25(21)34-17-23-18-35-19(2)29-23/h5-14,18,22H,4,15-17H2,1-3H3,(H,28,30)/b14-11-/t22-/m1/s1. The van der Waals surface area contributed by atoms with E-state index in [1.54, 1.807) is 17.4 Å². The Labute approximate surface area is 209 Å². The third-order valence-electron chi connectivity index (χ3n) is 5.15. The van der Waals surface area contributed by atoms with Crippen LogP contribution in [0.2, 0.25) is 0 Å². The fourth-order valence-electron chi connectivity index (χ4n) is 3.40. The molecule has 1 heterocycles. The lowest BCUT2D eigenvalue weighted by atomic mass is 9.99. The predicted octanol–water partition coefficient (Wildman–Crippen LogP) is 4.59. The molecule has 1 aromatic heterocycles. The first-order valence-electron chi connectivity index (χ1n) is 11.4. The molecule has 0 aliphatic heterocycles. The number of hydrogen-bond donors (Lipinski definition) is 1. The summed E-state index contributed by atoms with van der Waals surface area (Å²) in [5.41, 5.74) is 2.59. The van der Waals surface area contributed by atoms with Crippen molar-refractivity contribution in [1.29, 1.82) is 0 Å². The SMILES string of the molecule is CCOc1ccc(C[C@H](CNC(=O)/C=C\c2ccccc2OCc2csc(C)n2)C(=O)OC)cc1. The van der Waals surface area contributed by atoms with E-state index in [9.17, 15) is 9.59 Å². The van der Waals surface area contributed by atoms with Crippen LogP contribution < -0.4 is 14.8 Å². The van der Waals surface area contributed by atoms with Crippen molar-refractivity contribution < 1.29 is 23.8 Å². The maximum absolute atomic E-state index is 12.5. The van der Waals surface area contributed by atoms with Crippen molar-refractivity contribution in [2.45, 2.75) is 26.9 Å². The monoisotopic (exact) mass is 494 g/mol. The Balaban J connectivity index is 1.57. The molecule has 1 N–H and O–H groups in total. The second kappa shape index (κ2) is 13.3. The molecule has 184 valence electrons. The number of nitrogens with zero attached hydrogens (tertiary/aromatic N) is 1. The topological polar surface area (TPSA) is 86.8 Å². The zero-order valence-electron chi connectivity index (χ0n) is 20.2. The number of carbonyl (C=O) groups is 2. The maximum Gasteiger partial charge on any atom is 0.310 e. The number of para-hydroxylation sites is 1. The van der Waals surface area contributed by atoms with Crippen LogP contribution in [0.25, 0.3) is 6.08 Å². The van der Waals surface area contributed by atoms with Gasteiger partial charge in [-0.3, -0.25) is 9.59 Å². The van der Waals surface area contributed by atoms with Crippen molar-refractivity contribution in [3.63, 3.8) is 0 Å². The molecule has 8 heteroatoms. The van der Waals surface area contributed by atoms with Gasteiger partial charge in [0, 0.05) is 23.6 Å². The molecule has 3 aromatic rings. The van der Waals surface area contributed by atoms with Gasteiger partial charge in [0.15, 0.2) is 0 Å². The predicted molar refractivity (Wildman–Crippen MR) is 136 cm³/mol. The number of aryl methyl sites for hydroxylation is 1.